The van der Waals surface area contributed by atoms with Crippen molar-refractivity contribution in [3.63, 3.8) is 0 Å². The van der Waals surface area contributed by atoms with Crippen molar-refractivity contribution in [2.45, 2.75) is 13.1 Å². The van der Waals surface area contributed by atoms with Gasteiger partial charge in [0.05, 0.1) is 5.56 Å². The molecule has 2 amide bonds. The van der Waals surface area contributed by atoms with Crippen LogP contribution in [0, 0.1) is 5.82 Å². The van der Waals surface area contributed by atoms with Gasteiger partial charge in [-0.25, -0.2) is 9.18 Å². The van der Waals surface area contributed by atoms with Crippen LogP contribution in [0.1, 0.15) is 12.5 Å². The monoisotopic (exact) mass is 308 g/mol. The van der Waals surface area contributed by atoms with Gasteiger partial charge in [-0.1, -0.05) is 0 Å². The van der Waals surface area contributed by atoms with Gasteiger partial charge < -0.3 is 15.3 Å². The van der Waals surface area contributed by atoms with Crippen LogP contribution in [0.25, 0.3) is 0 Å². The number of hydrogen-bond donors (Lipinski definition) is 2. The SMILES string of the molecule is CCN(CC(=O)O)C(=O)Nc1ccc(F)c(C(F)(F)F)c1. The maximum atomic E-state index is 13.1. The first kappa shape index (κ1) is 16.7. The fraction of sp³-hybridized carbons (Fsp3) is 0.333. The van der Waals surface area contributed by atoms with Crippen molar-refractivity contribution in [3.8, 4) is 0 Å². The second-order valence-corrected chi connectivity index (χ2v) is 4.03. The molecule has 0 aromatic heterocycles. The molecule has 0 atom stereocenters. The molecule has 0 aliphatic rings. The van der Waals surface area contributed by atoms with Gasteiger partial charge in [-0.05, 0) is 25.1 Å². The van der Waals surface area contributed by atoms with Gasteiger partial charge in [0, 0.05) is 12.2 Å². The number of urea groups is 1. The lowest BCUT2D eigenvalue weighted by Gasteiger charge is -2.19. The molecule has 0 spiro atoms. The highest BCUT2D eigenvalue weighted by molar-refractivity contribution is 5.91. The first-order chi connectivity index (χ1) is 9.65. The van der Waals surface area contributed by atoms with E-state index < -0.39 is 36.1 Å². The molecule has 0 saturated carbocycles. The molecular formula is C12H12F4N2O3. The van der Waals surface area contributed by atoms with Gasteiger partial charge in [0.15, 0.2) is 0 Å². The normalized spacial score (nSPS) is 11.1. The second kappa shape index (κ2) is 6.42. The number of carboxylic acid groups (broad SMARTS) is 1. The number of carboxylic acids is 1. The molecule has 0 aliphatic heterocycles. The molecule has 21 heavy (non-hydrogen) atoms. The van der Waals surface area contributed by atoms with Crippen LogP contribution in [-0.2, 0) is 11.0 Å². The van der Waals surface area contributed by atoms with Crippen LogP contribution < -0.4 is 5.32 Å². The number of rotatable bonds is 4. The zero-order valence-corrected chi connectivity index (χ0v) is 10.9. The summed E-state index contributed by atoms with van der Waals surface area (Å²) in [4.78, 5) is 23.1. The zero-order valence-electron chi connectivity index (χ0n) is 10.9. The van der Waals surface area contributed by atoms with Gasteiger partial charge in [0.25, 0.3) is 0 Å². The highest BCUT2D eigenvalue weighted by atomic mass is 19.4. The second-order valence-electron chi connectivity index (χ2n) is 4.03. The lowest BCUT2D eigenvalue weighted by molar-refractivity contribution is -0.140. The lowest BCUT2D eigenvalue weighted by atomic mass is 10.2. The summed E-state index contributed by atoms with van der Waals surface area (Å²) in [6.45, 7) is 0.954. The third-order valence-corrected chi connectivity index (χ3v) is 2.52. The standard InChI is InChI=1S/C12H12F4N2O3/c1-2-18(6-10(19)20)11(21)17-7-3-4-9(13)8(5-7)12(14,15)16/h3-5H,2,6H2,1H3,(H,17,21)(H,19,20). The number of benzene rings is 1. The highest BCUT2D eigenvalue weighted by Gasteiger charge is 2.34. The summed E-state index contributed by atoms with van der Waals surface area (Å²) in [6.07, 6.45) is -4.89. The molecule has 0 aliphatic carbocycles. The molecule has 0 unspecified atom stereocenters. The average Bonchev–Trinajstić information content (AvgIpc) is 2.36. The topological polar surface area (TPSA) is 69.6 Å². The summed E-state index contributed by atoms with van der Waals surface area (Å²) in [6, 6.07) is 1.09. The summed E-state index contributed by atoms with van der Waals surface area (Å²) in [7, 11) is 0. The predicted octanol–water partition coefficient (Wildman–Crippen LogP) is 2.78. The van der Waals surface area contributed by atoms with Gasteiger partial charge in [-0.2, -0.15) is 13.2 Å². The van der Waals surface area contributed by atoms with Gasteiger partial charge >= 0.3 is 18.2 Å². The van der Waals surface area contributed by atoms with Crippen molar-refractivity contribution in [3.05, 3.63) is 29.6 Å². The summed E-state index contributed by atoms with van der Waals surface area (Å²) < 4.78 is 50.6. The van der Waals surface area contributed by atoms with E-state index in [0.717, 1.165) is 11.0 Å². The minimum atomic E-state index is -4.89. The van der Waals surface area contributed by atoms with Crippen molar-refractivity contribution in [1.29, 1.82) is 0 Å². The van der Waals surface area contributed by atoms with Crippen LogP contribution in [0.4, 0.5) is 28.0 Å². The third-order valence-electron chi connectivity index (χ3n) is 2.52. The first-order valence-electron chi connectivity index (χ1n) is 5.79. The Morgan fingerprint density at radius 2 is 1.95 bits per heavy atom. The molecule has 5 nitrogen and oxygen atoms in total. The number of amides is 2. The Hall–Kier alpha value is -2.32. The Balaban J connectivity index is 2.93. The Labute approximate surface area is 117 Å². The number of hydrogen-bond acceptors (Lipinski definition) is 2. The highest BCUT2D eigenvalue weighted by Crippen LogP contribution is 2.33. The molecule has 0 heterocycles. The van der Waals surface area contributed by atoms with E-state index in [2.05, 4.69) is 5.32 Å². The molecular weight excluding hydrogens is 296 g/mol. The summed E-state index contributed by atoms with van der Waals surface area (Å²) in [5.74, 6) is -2.72. The Kier molecular flexibility index (Phi) is 5.12. The van der Waals surface area contributed by atoms with Crippen molar-refractivity contribution >= 4 is 17.7 Å². The Morgan fingerprint density at radius 1 is 1.33 bits per heavy atom. The summed E-state index contributed by atoms with van der Waals surface area (Å²) >= 11 is 0. The molecule has 1 aromatic carbocycles. The number of likely N-dealkylation sites (N-methyl/N-ethyl adjacent to an activating group) is 1. The minimum Gasteiger partial charge on any atom is -0.480 e. The van der Waals surface area contributed by atoms with E-state index in [1.165, 1.54) is 6.92 Å². The van der Waals surface area contributed by atoms with Crippen LogP contribution >= 0.6 is 0 Å². The molecule has 2 N–H and O–H groups in total. The molecule has 0 radical (unpaired) electrons. The number of carbonyl (C=O) groups is 2. The number of carbonyl (C=O) groups excluding carboxylic acids is 1. The Morgan fingerprint density at radius 3 is 2.43 bits per heavy atom. The molecule has 9 heteroatoms. The molecule has 0 bridgehead atoms. The van der Waals surface area contributed by atoms with Gasteiger partial charge in [0.2, 0.25) is 0 Å². The van der Waals surface area contributed by atoms with E-state index in [-0.39, 0.29) is 12.2 Å². The van der Waals surface area contributed by atoms with Crippen LogP contribution in [0.2, 0.25) is 0 Å². The van der Waals surface area contributed by atoms with E-state index in [4.69, 9.17) is 5.11 Å². The summed E-state index contributed by atoms with van der Waals surface area (Å²) in [5, 5.41) is 10.7. The van der Waals surface area contributed by atoms with Gasteiger partial charge in [-0.3, -0.25) is 4.79 Å². The number of anilines is 1. The Bertz CT molecular complexity index is 546. The lowest BCUT2D eigenvalue weighted by Crippen LogP contribution is -2.38. The fourth-order valence-electron chi connectivity index (χ4n) is 1.51. The van der Waals surface area contributed by atoms with Crippen molar-refractivity contribution in [2.75, 3.05) is 18.4 Å². The smallest absolute Gasteiger partial charge is 0.419 e. The minimum absolute atomic E-state index is 0.0471. The number of halogens is 4. The quantitative estimate of drug-likeness (QED) is 0.840. The molecule has 0 fully saturated rings. The van der Waals surface area contributed by atoms with E-state index in [1.54, 1.807) is 0 Å². The number of alkyl halides is 3. The van der Waals surface area contributed by atoms with Crippen LogP contribution in [0.5, 0.6) is 0 Å². The van der Waals surface area contributed by atoms with Gasteiger partial charge in [-0.15, -0.1) is 0 Å². The molecule has 1 rings (SSSR count). The largest absolute Gasteiger partial charge is 0.480 e. The molecule has 0 saturated heterocycles. The van der Waals surface area contributed by atoms with E-state index in [1.807, 2.05) is 0 Å². The van der Waals surface area contributed by atoms with E-state index in [9.17, 15) is 27.2 Å². The van der Waals surface area contributed by atoms with E-state index in [0.29, 0.717) is 12.1 Å². The zero-order chi connectivity index (χ0) is 16.2. The number of nitrogens with one attached hydrogen (secondary N) is 1. The van der Waals surface area contributed by atoms with Crippen LogP contribution in [0.15, 0.2) is 18.2 Å². The third kappa shape index (κ3) is 4.62. The molecule has 1 aromatic rings. The first-order valence-corrected chi connectivity index (χ1v) is 5.79. The average molecular weight is 308 g/mol. The van der Waals surface area contributed by atoms with Crippen LogP contribution in [-0.4, -0.2) is 35.1 Å². The maximum Gasteiger partial charge on any atom is 0.419 e. The molecule has 116 valence electrons. The fourth-order valence-corrected chi connectivity index (χ4v) is 1.51. The van der Waals surface area contributed by atoms with Gasteiger partial charge in [0.1, 0.15) is 12.4 Å². The van der Waals surface area contributed by atoms with E-state index >= 15 is 0 Å². The van der Waals surface area contributed by atoms with Crippen molar-refractivity contribution in [2.24, 2.45) is 0 Å². The van der Waals surface area contributed by atoms with Crippen molar-refractivity contribution in [1.82, 2.24) is 4.90 Å². The van der Waals surface area contributed by atoms with Crippen LogP contribution in [0.3, 0.4) is 0 Å². The number of nitrogens with zero attached hydrogens (tertiary/aromatic N) is 1. The predicted molar refractivity (Wildman–Crippen MR) is 65.3 cm³/mol. The summed E-state index contributed by atoms with van der Waals surface area (Å²) in [5.41, 5.74) is -1.79. The number of aliphatic carboxylic acids is 1. The maximum absolute atomic E-state index is 13.1. The van der Waals surface area contributed by atoms with Crippen molar-refractivity contribution < 1.29 is 32.3 Å².